The largest absolute Gasteiger partial charge is 0.380 e. The van der Waals surface area contributed by atoms with Crippen molar-refractivity contribution in [3.8, 4) is 11.1 Å². The Hall–Kier alpha value is -1.84. The average Bonchev–Trinajstić information content (AvgIpc) is 2.59. The van der Waals surface area contributed by atoms with Crippen LogP contribution in [0.1, 0.15) is 26.5 Å². The number of halogens is 1. The van der Waals surface area contributed by atoms with E-state index in [1.54, 1.807) is 12.1 Å². The lowest BCUT2D eigenvalue weighted by atomic mass is 9.88. The van der Waals surface area contributed by atoms with E-state index in [-0.39, 0.29) is 11.2 Å². The zero-order valence-corrected chi connectivity index (χ0v) is 10.1. The summed E-state index contributed by atoms with van der Waals surface area (Å²) in [4.78, 5) is 0. The van der Waals surface area contributed by atoms with E-state index in [9.17, 15) is 4.39 Å². The summed E-state index contributed by atoms with van der Waals surface area (Å²) in [5, 5.41) is 3.77. The fourth-order valence-electron chi connectivity index (χ4n) is 1.74. The van der Waals surface area contributed by atoms with Gasteiger partial charge in [0, 0.05) is 5.41 Å². The molecular weight excluding hydrogens is 219 g/mol. The highest BCUT2D eigenvalue weighted by molar-refractivity contribution is 5.76. The fraction of sp³-hybridized carbons (Fsp3) is 0.308. The Morgan fingerprint density at radius 2 is 2.00 bits per heavy atom. The second-order valence-corrected chi connectivity index (χ2v) is 5.03. The topological polar surface area (TPSA) is 52.0 Å². The van der Waals surface area contributed by atoms with Crippen molar-refractivity contribution in [2.45, 2.75) is 26.2 Å². The van der Waals surface area contributed by atoms with Gasteiger partial charge in [-0.05, 0) is 17.7 Å². The van der Waals surface area contributed by atoms with Crippen molar-refractivity contribution >= 4 is 5.82 Å². The van der Waals surface area contributed by atoms with Gasteiger partial charge < -0.3 is 10.3 Å². The van der Waals surface area contributed by atoms with Crippen molar-refractivity contribution in [3.63, 3.8) is 0 Å². The van der Waals surface area contributed by atoms with E-state index in [1.165, 1.54) is 12.1 Å². The van der Waals surface area contributed by atoms with Gasteiger partial charge in [0.25, 0.3) is 0 Å². The van der Waals surface area contributed by atoms with Gasteiger partial charge in [0.1, 0.15) is 5.82 Å². The van der Waals surface area contributed by atoms with Gasteiger partial charge in [-0.2, -0.15) is 0 Å². The van der Waals surface area contributed by atoms with Crippen LogP contribution in [-0.4, -0.2) is 5.16 Å². The molecule has 0 radical (unpaired) electrons. The first kappa shape index (κ1) is 11.6. The first-order chi connectivity index (χ1) is 7.89. The second-order valence-electron chi connectivity index (χ2n) is 5.03. The van der Waals surface area contributed by atoms with Gasteiger partial charge in [0.05, 0.1) is 5.56 Å². The number of benzene rings is 1. The van der Waals surface area contributed by atoms with Crippen LogP contribution in [0.5, 0.6) is 0 Å². The third-order valence-electron chi connectivity index (χ3n) is 2.51. The van der Waals surface area contributed by atoms with E-state index >= 15 is 0 Å². The van der Waals surface area contributed by atoms with E-state index in [0.29, 0.717) is 22.7 Å². The standard InChI is InChI=1S/C13H15FN2O/c1-13(2,3)11-10(12(15)16-17-11)8-5-4-6-9(14)7-8/h4-7H,1-3H3,(H2,15,16). The summed E-state index contributed by atoms with van der Waals surface area (Å²) in [5.41, 5.74) is 6.93. The van der Waals surface area contributed by atoms with E-state index in [4.69, 9.17) is 10.3 Å². The molecule has 0 aliphatic heterocycles. The van der Waals surface area contributed by atoms with Crippen LogP contribution in [0.4, 0.5) is 10.2 Å². The Kier molecular flexibility index (Phi) is 2.65. The van der Waals surface area contributed by atoms with Gasteiger partial charge in [-0.3, -0.25) is 0 Å². The Labute approximate surface area is 99.4 Å². The minimum absolute atomic E-state index is 0.230. The molecule has 1 heterocycles. The number of nitrogens with zero attached hydrogens (tertiary/aromatic N) is 1. The summed E-state index contributed by atoms with van der Waals surface area (Å²) >= 11 is 0. The molecule has 1 aromatic heterocycles. The molecule has 0 amide bonds. The predicted molar refractivity (Wildman–Crippen MR) is 65.0 cm³/mol. The van der Waals surface area contributed by atoms with Crippen molar-refractivity contribution in [1.82, 2.24) is 5.16 Å². The van der Waals surface area contributed by atoms with Crippen LogP contribution < -0.4 is 5.73 Å². The quantitative estimate of drug-likeness (QED) is 0.823. The van der Waals surface area contributed by atoms with Crippen LogP contribution >= 0.6 is 0 Å². The molecule has 0 saturated heterocycles. The molecule has 4 heteroatoms. The zero-order valence-electron chi connectivity index (χ0n) is 10.1. The van der Waals surface area contributed by atoms with Crippen molar-refractivity contribution in [1.29, 1.82) is 0 Å². The number of rotatable bonds is 1. The number of nitrogens with two attached hydrogens (primary N) is 1. The Balaban J connectivity index is 2.63. The van der Waals surface area contributed by atoms with Crippen LogP contribution in [0.2, 0.25) is 0 Å². The third kappa shape index (κ3) is 2.16. The van der Waals surface area contributed by atoms with Gasteiger partial charge >= 0.3 is 0 Å². The molecule has 2 aromatic rings. The summed E-state index contributed by atoms with van der Waals surface area (Å²) in [6.45, 7) is 5.99. The number of hydrogen-bond donors (Lipinski definition) is 1. The monoisotopic (exact) mass is 234 g/mol. The number of nitrogen functional groups attached to an aromatic ring is 1. The SMILES string of the molecule is CC(C)(C)c1onc(N)c1-c1cccc(F)c1. The Morgan fingerprint density at radius 3 is 2.59 bits per heavy atom. The third-order valence-corrected chi connectivity index (χ3v) is 2.51. The Morgan fingerprint density at radius 1 is 1.29 bits per heavy atom. The summed E-state index contributed by atoms with van der Waals surface area (Å²) in [6.07, 6.45) is 0. The lowest BCUT2D eigenvalue weighted by molar-refractivity contribution is 0.332. The van der Waals surface area contributed by atoms with Gasteiger partial charge in [0.2, 0.25) is 0 Å². The molecule has 0 bridgehead atoms. The van der Waals surface area contributed by atoms with Crippen LogP contribution in [0.3, 0.4) is 0 Å². The minimum atomic E-state index is -0.303. The summed E-state index contributed by atoms with van der Waals surface area (Å²) in [7, 11) is 0. The zero-order chi connectivity index (χ0) is 12.6. The smallest absolute Gasteiger partial charge is 0.175 e. The van der Waals surface area contributed by atoms with Crippen LogP contribution in [0.15, 0.2) is 28.8 Å². The molecule has 0 saturated carbocycles. The molecule has 2 rings (SSSR count). The molecular formula is C13H15FN2O. The van der Waals surface area contributed by atoms with Crippen molar-refractivity contribution in [2.75, 3.05) is 5.73 Å². The molecule has 90 valence electrons. The number of anilines is 1. The average molecular weight is 234 g/mol. The maximum absolute atomic E-state index is 13.2. The summed E-state index contributed by atoms with van der Waals surface area (Å²) in [5.74, 6) is 0.657. The highest BCUT2D eigenvalue weighted by Gasteiger charge is 2.26. The lowest BCUT2D eigenvalue weighted by Crippen LogP contribution is -2.11. The molecule has 3 nitrogen and oxygen atoms in total. The molecule has 0 atom stereocenters. The van der Waals surface area contributed by atoms with Gasteiger partial charge in [0.15, 0.2) is 11.6 Å². The van der Waals surface area contributed by atoms with E-state index in [0.717, 1.165) is 0 Å². The number of hydrogen-bond acceptors (Lipinski definition) is 3. The van der Waals surface area contributed by atoms with Gasteiger partial charge in [-0.25, -0.2) is 4.39 Å². The van der Waals surface area contributed by atoms with Gasteiger partial charge in [-0.1, -0.05) is 38.1 Å². The van der Waals surface area contributed by atoms with Crippen LogP contribution in [0.25, 0.3) is 11.1 Å². The lowest BCUT2D eigenvalue weighted by Gasteiger charge is -2.16. The van der Waals surface area contributed by atoms with Gasteiger partial charge in [-0.15, -0.1) is 0 Å². The molecule has 0 spiro atoms. The molecule has 2 N–H and O–H groups in total. The predicted octanol–water partition coefficient (Wildman–Crippen LogP) is 3.36. The maximum atomic E-state index is 13.2. The minimum Gasteiger partial charge on any atom is -0.380 e. The highest BCUT2D eigenvalue weighted by atomic mass is 19.1. The molecule has 0 aliphatic rings. The van der Waals surface area contributed by atoms with Crippen molar-refractivity contribution < 1.29 is 8.91 Å². The van der Waals surface area contributed by atoms with Crippen molar-refractivity contribution in [3.05, 3.63) is 35.8 Å². The number of aromatic nitrogens is 1. The van der Waals surface area contributed by atoms with E-state index in [1.807, 2.05) is 20.8 Å². The molecule has 0 aliphatic carbocycles. The molecule has 0 unspecified atom stereocenters. The van der Waals surface area contributed by atoms with E-state index < -0.39 is 0 Å². The first-order valence-corrected chi connectivity index (χ1v) is 5.41. The highest BCUT2D eigenvalue weighted by Crippen LogP contribution is 2.36. The second kappa shape index (κ2) is 3.87. The summed E-state index contributed by atoms with van der Waals surface area (Å²) < 4.78 is 18.5. The normalized spacial score (nSPS) is 11.8. The molecule has 1 aromatic carbocycles. The first-order valence-electron chi connectivity index (χ1n) is 5.41. The summed E-state index contributed by atoms with van der Waals surface area (Å²) in [6, 6.07) is 6.26. The van der Waals surface area contributed by atoms with Crippen molar-refractivity contribution in [2.24, 2.45) is 0 Å². The van der Waals surface area contributed by atoms with E-state index in [2.05, 4.69) is 5.16 Å². The Bertz CT molecular complexity index is 541. The van der Waals surface area contributed by atoms with Crippen LogP contribution in [0, 0.1) is 5.82 Å². The van der Waals surface area contributed by atoms with Crippen LogP contribution in [-0.2, 0) is 5.41 Å². The maximum Gasteiger partial charge on any atom is 0.175 e. The fourth-order valence-corrected chi connectivity index (χ4v) is 1.74. The molecule has 17 heavy (non-hydrogen) atoms. The molecule has 0 fully saturated rings.